The lowest BCUT2D eigenvalue weighted by molar-refractivity contribution is 0.313. The molecule has 0 saturated heterocycles. The van der Waals surface area contributed by atoms with Gasteiger partial charge in [-0.25, -0.2) is 4.39 Å². The van der Waals surface area contributed by atoms with Gasteiger partial charge in [-0.05, 0) is 43.0 Å². The molecular weight excluding hydrogens is 203 g/mol. The molecule has 1 fully saturated rings. The Morgan fingerprint density at radius 2 is 2.00 bits per heavy atom. The van der Waals surface area contributed by atoms with Gasteiger partial charge in [0.1, 0.15) is 17.3 Å². The molecule has 1 nitrogen and oxygen atoms in total. The third-order valence-electron chi connectivity index (χ3n) is 3.34. The van der Waals surface area contributed by atoms with Crippen molar-refractivity contribution < 1.29 is 9.13 Å². The molecule has 0 unspecified atom stereocenters. The standard InChI is InChI=1S/C14H17FO/c1-10-4-3-5-14(10)11(2)16-13-8-6-12(15)7-9-13/h6-10,14H,2-5H2,1H3/t10-,14-/m0/s1. The highest BCUT2D eigenvalue weighted by Crippen LogP contribution is 2.36. The summed E-state index contributed by atoms with van der Waals surface area (Å²) in [6.07, 6.45) is 3.65. The number of ether oxygens (including phenoxy) is 1. The highest BCUT2D eigenvalue weighted by Gasteiger charge is 2.27. The van der Waals surface area contributed by atoms with E-state index in [2.05, 4.69) is 13.5 Å². The van der Waals surface area contributed by atoms with Crippen LogP contribution in [-0.4, -0.2) is 0 Å². The number of benzene rings is 1. The van der Waals surface area contributed by atoms with E-state index in [1.165, 1.54) is 25.0 Å². The summed E-state index contributed by atoms with van der Waals surface area (Å²) < 4.78 is 18.4. The number of halogens is 1. The van der Waals surface area contributed by atoms with E-state index < -0.39 is 0 Å². The maximum atomic E-state index is 12.7. The van der Waals surface area contributed by atoms with Gasteiger partial charge in [0.05, 0.1) is 0 Å². The second-order valence-corrected chi connectivity index (χ2v) is 4.54. The molecule has 0 amide bonds. The summed E-state index contributed by atoms with van der Waals surface area (Å²) in [4.78, 5) is 0. The first-order chi connectivity index (χ1) is 7.66. The molecule has 2 atom stereocenters. The van der Waals surface area contributed by atoms with Gasteiger partial charge in [-0.1, -0.05) is 19.9 Å². The Kier molecular flexibility index (Phi) is 3.28. The van der Waals surface area contributed by atoms with Crippen LogP contribution in [0.25, 0.3) is 0 Å². The third kappa shape index (κ3) is 2.43. The Morgan fingerprint density at radius 1 is 1.31 bits per heavy atom. The Balaban J connectivity index is 1.99. The van der Waals surface area contributed by atoms with Crippen LogP contribution in [0.15, 0.2) is 36.6 Å². The minimum absolute atomic E-state index is 0.243. The number of rotatable bonds is 3. The van der Waals surface area contributed by atoms with Gasteiger partial charge in [0, 0.05) is 5.92 Å². The third-order valence-corrected chi connectivity index (χ3v) is 3.34. The van der Waals surface area contributed by atoms with Crippen LogP contribution in [0.1, 0.15) is 26.2 Å². The van der Waals surface area contributed by atoms with Crippen LogP contribution in [0.4, 0.5) is 4.39 Å². The van der Waals surface area contributed by atoms with Gasteiger partial charge in [-0.3, -0.25) is 0 Å². The summed E-state index contributed by atoms with van der Waals surface area (Å²) >= 11 is 0. The lowest BCUT2D eigenvalue weighted by Gasteiger charge is -2.18. The van der Waals surface area contributed by atoms with Crippen LogP contribution in [0.5, 0.6) is 5.75 Å². The van der Waals surface area contributed by atoms with Crippen molar-refractivity contribution in [3.05, 3.63) is 42.4 Å². The molecule has 0 spiro atoms. The van der Waals surface area contributed by atoms with E-state index in [1.54, 1.807) is 12.1 Å². The van der Waals surface area contributed by atoms with Gasteiger partial charge < -0.3 is 4.74 Å². The second kappa shape index (κ2) is 4.69. The average molecular weight is 220 g/mol. The fourth-order valence-electron chi connectivity index (χ4n) is 2.35. The Morgan fingerprint density at radius 3 is 2.56 bits per heavy atom. The lowest BCUT2D eigenvalue weighted by Crippen LogP contribution is -2.11. The van der Waals surface area contributed by atoms with Gasteiger partial charge >= 0.3 is 0 Å². The normalized spacial score (nSPS) is 24.4. The van der Waals surface area contributed by atoms with Crippen molar-refractivity contribution in [2.45, 2.75) is 26.2 Å². The van der Waals surface area contributed by atoms with E-state index in [9.17, 15) is 4.39 Å². The second-order valence-electron chi connectivity index (χ2n) is 4.54. The van der Waals surface area contributed by atoms with E-state index in [0.717, 1.165) is 12.2 Å². The van der Waals surface area contributed by atoms with Crippen LogP contribution in [-0.2, 0) is 0 Å². The first kappa shape index (κ1) is 11.2. The monoisotopic (exact) mass is 220 g/mol. The molecule has 1 aromatic rings. The van der Waals surface area contributed by atoms with Crippen molar-refractivity contribution >= 4 is 0 Å². The number of allylic oxidation sites excluding steroid dienone is 1. The highest BCUT2D eigenvalue weighted by atomic mass is 19.1. The molecule has 0 aliphatic heterocycles. The van der Waals surface area contributed by atoms with E-state index in [4.69, 9.17) is 4.74 Å². The summed E-state index contributed by atoms with van der Waals surface area (Å²) in [5.74, 6) is 2.34. The van der Waals surface area contributed by atoms with Crippen LogP contribution in [0.2, 0.25) is 0 Å². The van der Waals surface area contributed by atoms with Gasteiger partial charge in [0.25, 0.3) is 0 Å². The lowest BCUT2D eigenvalue weighted by atomic mass is 9.97. The van der Waals surface area contributed by atoms with Crippen molar-refractivity contribution in [3.63, 3.8) is 0 Å². The summed E-state index contributed by atoms with van der Waals surface area (Å²) in [5.41, 5.74) is 0. The minimum Gasteiger partial charge on any atom is -0.462 e. The maximum Gasteiger partial charge on any atom is 0.127 e. The Bertz CT molecular complexity index is 369. The van der Waals surface area contributed by atoms with E-state index >= 15 is 0 Å². The Hall–Kier alpha value is -1.31. The average Bonchev–Trinajstić information content (AvgIpc) is 2.68. The molecule has 1 aromatic carbocycles. The zero-order chi connectivity index (χ0) is 11.5. The van der Waals surface area contributed by atoms with Crippen molar-refractivity contribution in [2.75, 3.05) is 0 Å². The number of hydrogen-bond donors (Lipinski definition) is 0. The van der Waals surface area contributed by atoms with Gasteiger partial charge in [-0.2, -0.15) is 0 Å². The summed E-state index contributed by atoms with van der Waals surface area (Å²) in [7, 11) is 0. The molecule has 16 heavy (non-hydrogen) atoms. The molecular formula is C14H17FO. The predicted molar refractivity (Wildman–Crippen MR) is 62.7 cm³/mol. The molecule has 1 aliphatic rings. The van der Waals surface area contributed by atoms with Crippen LogP contribution in [0.3, 0.4) is 0 Å². The first-order valence-corrected chi connectivity index (χ1v) is 5.79. The summed E-state index contributed by atoms with van der Waals surface area (Å²) in [5, 5.41) is 0. The van der Waals surface area contributed by atoms with Gasteiger partial charge in [-0.15, -0.1) is 0 Å². The maximum absolute atomic E-state index is 12.7. The predicted octanol–water partition coefficient (Wildman–Crippen LogP) is 4.15. The van der Waals surface area contributed by atoms with Gasteiger partial charge in [0.2, 0.25) is 0 Å². The largest absolute Gasteiger partial charge is 0.462 e. The Labute approximate surface area is 95.9 Å². The van der Waals surface area contributed by atoms with Crippen LogP contribution in [0, 0.1) is 17.7 Å². The zero-order valence-electron chi connectivity index (χ0n) is 9.58. The van der Waals surface area contributed by atoms with Crippen molar-refractivity contribution in [1.29, 1.82) is 0 Å². The van der Waals surface area contributed by atoms with Crippen molar-refractivity contribution in [3.8, 4) is 5.75 Å². The molecule has 1 aliphatic carbocycles. The molecule has 0 aromatic heterocycles. The smallest absolute Gasteiger partial charge is 0.127 e. The van der Waals surface area contributed by atoms with Gasteiger partial charge in [0.15, 0.2) is 0 Å². The topological polar surface area (TPSA) is 9.23 Å². The van der Waals surface area contributed by atoms with Crippen LogP contribution >= 0.6 is 0 Å². The SMILES string of the molecule is C=C(Oc1ccc(F)cc1)[C@H]1CCC[C@@H]1C. The fourth-order valence-corrected chi connectivity index (χ4v) is 2.35. The first-order valence-electron chi connectivity index (χ1n) is 5.79. The summed E-state index contributed by atoms with van der Waals surface area (Å²) in [6, 6.07) is 6.08. The van der Waals surface area contributed by atoms with E-state index in [0.29, 0.717) is 17.6 Å². The molecule has 2 rings (SSSR count). The fraction of sp³-hybridized carbons (Fsp3) is 0.429. The van der Waals surface area contributed by atoms with Crippen molar-refractivity contribution in [2.24, 2.45) is 11.8 Å². The van der Waals surface area contributed by atoms with Crippen LogP contribution < -0.4 is 4.74 Å². The molecule has 0 bridgehead atoms. The molecule has 1 saturated carbocycles. The molecule has 0 N–H and O–H groups in total. The summed E-state index contributed by atoms with van der Waals surface area (Å²) in [6.45, 7) is 6.22. The van der Waals surface area contributed by atoms with E-state index in [1.807, 2.05) is 0 Å². The zero-order valence-corrected chi connectivity index (χ0v) is 9.58. The molecule has 2 heteroatoms. The number of hydrogen-bond acceptors (Lipinski definition) is 1. The van der Waals surface area contributed by atoms with Crippen molar-refractivity contribution in [1.82, 2.24) is 0 Å². The minimum atomic E-state index is -0.243. The highest BCUT2D eigenvalue weighted by molar-refractivity contribution is 5.24. The molecule has 86 valence electrons. The molecule has 0 radical (unpaired) electrons. The molecule has 0 heterocycles. The van der Waals surface area contributed by atoms with E-state index in [-0.39, 0.29) is 5.82 Å². The quantitative estimate of drug-likeness (QED) is 0.695.